The van der Waals surface area contributed by atoms with Crippen molar-refractivity contribution in [3.05, 3.63) is 64.4 Å². The van der Waals surface area contributed by atoms with Gasteiger partial charge in [-0.25, -0.2) is 4.98 Å². The molecule has 1 atom stereocenters. The highest BCUT2D eigenvalue weighted by Gasteiger charge is 2.16. The van der Waals surface area contributed by atoms with Crippen LogP contribution in [0.4, 0.5) is 0 Å². The van der Waals surface area contributed by atoms with Crippen molar-refractivity contribution in [3.63, 3.8) is 0 Å². The summed E-state index contributed by atoms with van der Waals surface area (Å²) in [5.41, 5.74) is 3.79. The summed E-state index contributed by atoms with van der Waals surface area (Å²) in [4.78, 5) is 11.0. The molecule has 0 spiro atoms. The van der Waals surface area contributed by atoms with E-state index in [1.807, 2.05) is 18.3 Å². The molecule has 29 heavy (non-hydrogen) atoms. The lowest BCUT2D eigenvalue weighted by Gasteiger charge is -2.30. The lowest BCUT2D eigenvalue weighted by molar-refractivity contribution is 0.176. The molecule has 0 saturated carbocycles. The second-order valence-corrected chi connectivity index (χ2v) is 8.28. The van der Waals surface area contributed by atoms with Crippen LogP contribution in [0.1, 0.15) is 36.5 Å². The summed E-state index contributed by atoms with van der Waals surface area (Å²) < 4.78 is 0. The molecule has 1 fully saturated rings. The molecule has 1 aromatic carbocycles. The third-order valence-corrected chi connectivity index (χ3v) is 5.57. The van der Waals surface area contributed by atoms with Crippen molar-refractivity contribution in [1.82, 2.24) is 20.5 Å². The van der Waals surface area contributed by atoms with E-state index in [0.29, 0.717) is 5.15 Å². The van der Waals surface area contributed by atoms with Gasteiger partial charge in [-0.1, -0.05) is 48.9 Å². The number of nitrogens with one attached hydrogen (secondary N) is 2. The normalized spacial score (nSPS) is 17.9. The SMILES string of the molecule is CN=C(NCCc1ccc(Cl)nc1)NCc1ccc(CN2CCCC(C)C2)cc1. The fourth-order valence-electron chi connectivity index (χ4n) is 3.74. The number of hydrogen-bond acceptors (Lipinski definition) is 3. The van der Waals surface area contributed by atoms with Crippen LogP contribution in [-0.2, 0) is 19.5 Å². The second-order valence-electron chi connectivity index (χ2n) is 7.89. The van der Waals surface area contributed by atoms with Gasteiger partial charge in [0, 0.05) is 39.4 Å². The number of pyridine rings is 1. The van der Waals surface area contributed by atoms with Crippen LogP contribution in [0, 0.1) is 5.92 Å². The van der Waals surface area contributed by atoms with Crippen LogP contribution in [0.2, 0.25) is 5.15 Å². The Hall–Kier alpha value is -2.11. The Kier molecular flexibility index (Phi) is 8.32. The zero-order valence-corrected chi connectivity index (χ0v) is 18.3. The highest BCUT2D eigenvalue weighted by molar-refractivity contribution is 6.29. The topological polar surface area (TPSA) is 52.6 Å². The molecule has 6 heteroatoms. The number of hydrogen-bond donors (Lipinski definition) is 2. The first-order valence-electron chi connectivity index (χ1n) is 10.5. The van der Waals surface area contributed by atoms with Gasteiger partial charge in [0.25, 0.3) is 0 Å². The molecule has 0 radical (unpaired) electrons. The maximum Gasteiger partial charge on any atom is 0.191 e. The Labute approximate surface area is 179 Å². The number of aromatic nitrogens is 1. The number of piperidine rings is 1. The van der Waals surface area contributed by atoms with Gasteiger partial charge >= 0.3 is 0 Å². The highest BCUT2D eigenvalue weighted by atomic mass is 35.5. The van der Waals surface area contributed by atoms with Gasteiger partial charge < -0.3 is 10.6 Å². The first-order valence-corrected chi connectivity index (χ1v) is 10.9. The van der Waals surface area contributed by atoms with Crippen molar-refractivity contribution in [2.75, 3.05) is 26.7 Å². The molecule has 2 heterocycles. The lowest BCUT2D eigenvalue weighted by atomic mass is 9.99. The van der Waals surface area contributed by atoms with E-state index in [2.05, 4.69) is 56.7 Å². The zero-order valence-electron chi connectivity index (χ0n) is 17.5. The third kappa shape index (κ3) is 7.33. The van der Waals surface area contributed by atoms with E-state index < -0.39 is 0 Å². The van der Waals surface area contributed by atoms with Crippen molar-refractivity contribution in [3.8, 4) is 0 Å². The predicted molar refractivity (Wildman–Crippen MR) is 121 cm³/mol. The quantitative estimate of drug-likeness (QED) is 0.411. The molecule has 0 aliphatic carbocycles. The first kappa shape index (κ1) is 21.6. The van der Waals surface area contributed by atoms with E-state index in [4.69, 9.17) is 11.6 Å². The van der Waals surface area contributed by atoms with E-state index >= 15 is 0 Å². The Morgan fingerprint density at radius 2 is 1.90 bits per heavy atom. The average Bonchev–Trinajstić information content (AvgIpc) is 2.73. The summed E-state index contributed by atoms with van der Waals surface area (Å²) in [6, 6.07) is 12.7. The van der Waals surface area contributed by atoms with Crippen molar-refractivity contribution in [2.24, 2.45) is 10.9 Å². The molecule has 156 valence electrons. The van der Waals surface area contributed by atoms with E-state index in [1.54, 1.807) is 7.05 Å². The molecule has 0 bridgehead atoms. The molecule has 1 saturated heterocycles. The third-order valence-electron chi connectivity index (χ3n) is 5.35. The van der Waals surface area contributed by atoms with Gasteiger partial charge in [0.15, 0.2) is 5.96 Å². The van der Waals surface area contributed by atoms with Crippen LogP contribution in [0.25, 0.3) is 0 Å². The maximum absolute atomic E-state index is 5.82. The fourth-order valence-corrected chi connectivity index (χ4v) is 3.85. The van der Waals surface area contributed by atoms with Crippen molar-refractivity contribution >= 4 is 17.6 Å². The molecule has 1 unspecified atom stereocenters. The minimum atomic E-state index is 0.524. The average molecular weight is 414 g/mol. The Morgan fingerprint density at radius 3 is 2.59 bits per heavy atom. The molecule has 1 aliphatic heterocycles. The summed E-state index contributed by atoms with van der Waals surface area (Å²) in [5.74, 6) is 1.63. The van der Waals surface area contributed by atoms with Gasteiger partial charge in [-0.3, -0.25) is 9.89 Å². The molecule has 1 aromatic heterocycles. The second kappa shape index (κ2) is 11.2. The number of aliphatic imine (C=N–C) groups is 1. The number of rotatable bonds is 7. The van der Waals surface area contributed by atoms with Crippen LogP contribution in [0.5, 0.6) is 0 Å². The van der Waals surface area contributed by atoms with Crippen LogP contribution in [-0.4, -0.2) is 42.5 Å². The summed E-state index contributed by atoms with van der Waals surface area (Å²) in [6.45, 7) is 7.40. The van der Waals surface area contributed by atoms with Gasteiger partial charge in [-0.15, -0.1) is 0 Å². The van der Waals surface area contributed by atoms with E-state index in [1.165, 1.54) is 37.1 Å². The summed E-state index contributed by atoms with van der Waals surface area (Å²) >= 11 is 5.82. The number of nitrogens with zero attached hydrogens (tertiary/aromatic N) is 3. The Balaban J connectivity index is 1.40. The summed E-state index contributed by atoms with van der Waals surface area (Å²) in [7, 11) is 1.79. The summed E-state index contributed by atoms with van der Waals surface area (Å²) in [6.07, 6.45) is 5.37. The molecular weight excluding hydrogens is 382 g/mol. The highest BCUT2D eigenvalue weighted by Crippen LogP contribution is 2.18. The Morgan fingerprint density at radius 1 is 1.14 bits per heavy atom. The summed E-state index contributed by atoms with van der Waals surface area (Å²) in [5, 5.41) is 7.25. The van der Waals surface area contributed by atoms with Gasteiger partial charge in [0.2, 0.25) is 0 Å². The predicted octanol–water partition coefficient (Wildman–Crippen LogP) is 3.87. The molecule has 2 aromatic rings. The van der Waals surface area contributed by atoms with Crippen molar-refractivity contribution in [2.45, 2.75) is 39.3 Å². The zero-order chi connectivity index (χ0) is 20.5. The van der Waals surface area contributed by atoms with Crippen LogP contribution < -0.4 is 10.6 Å². The van der Waals surface area contributed by atoms with Crippen LogP contribution >= 0.6 is 11.6 Å². The van der Waals surface area contributed by atoms with Crippen LogP contribution in [0.15, 0.2) is 47.6 Å². The lowest BCUT2D eigenvalue weighted by Crippen LogP contribution is -2.37. The monoisotopic (exact) mass is 413 g/mol. The Bertz CT molecular complexity index is 773. The maximum atomic E-state index is 5.82. The largest absolute Gasteiger partial charge is 0.356 e. The molecule has 1 aliphatic rings. The van der Waals surface area contributed by atoms with E-state index in [-0.39, 0.29) is 0 Å². The fraction of sp³-hybridized carbons (Fsp3) is 0.478. The molecule has 2 N–H and O–H groups in total. The standard InChI is InChI=1S/C23H32ClN5/c1-18-4-3-13-29(16-18)17-21-7-5-19(6-8-21)15-28-23(25-2)26-12-11-20-9-10-22(24)27-14-20/h5-10,14,18H,3-4,11-13,15-17H2,1-2H3,(H2,25,26,28). The van der Waals surface area contributed by atoms with Crippen LogP contribution in [0.3, 0.4) is 0 Å². The van der Waals surface area contributed by atoms with Gasteiger partial charge in [-0.05, 0) is 54.5 Å². The number of benzene rings is 1. The van der Waals surface area contributed by atoms with Gasteiger partial charge in [0.1, 0.15) is 5.15 Å². The van der Waals surface area contributed by atoms with Gasteiger partial charge in [0.05, 0.1) is 0 Å². The van der Waals surface area contributed by atoms with Gasteiger partial charge in [-0.2, -0.15) is 0 Å². The number of guanidine groups is 1. The van der Waals surface area contributed by atoms with E-state index in [0.717, 1.165) is 43.5 Å². The van der Waals surface area contributed by atoms with Crippen molar-refractivity contribution in [1.29, 1.82) is 0 Å². The van der Waals surface area contributed by atoms with E-state index in [9.17, 15) is 0 Å². The minimum absolute atomic E-state index is 0.524. The molecule has 5 nitrogen and oxygen atoms in total. The molecule has 3 rings (SSSR count). The number of likely N-dealkylation sites (tertiary alicyclic amines) is 1. The van der Waals surface area contributed by atoms with Crippen molar-refractivity contribution < 1.29 is 0 Å². The smallest absolute Gasteiger partial charge is 0.191 e. The minimum Gasteiger partial charge on any atom is -0.356 e. The first-order chi connectivity index (χ1) is 14.1. The number of halogens is 1. The molecule has 0 amide bonds. The molecular formula is C23H32ClN5.